The van der Waals surface area contributed by atoms with Crippen LogP contribution in [0.5, 0.6) is 0 Å². The summed E-state index contributed by atoms with van der Waals surface area (Å²) in [6.07, 6.45) is 0. The molecule has 0 amide bonds. The Morgan fingerprint density at radius 1 is 0.303 bits per heavy atom. The minimum absolute atomic E-state index is 0.962. The molecule has 0 saturated heterocycles. The van der Waals surface area contributed by atoms with E-state index in [0.29, 0.717) is 0 Å². The molecule has 0 N–H and O–H groups in total. The molecule has 154 valence electrons. The molecule has 1 nitrogen and oxygen atoms in total. The van der Waals surface area contributed by atoms with E-state index >= 15 is 0 Å². The van der Waals surface area contributed by atoms with Crippen molar-refractivity contribution in [2.24, 2.45) is 0 Å². The van der Waals surface area contributed by atoms with Gasteiger partial charge in [0.2, 0.25) is 0 Å². The maximum Gasteiger partial charge on any atom is 0.135 e. The topological polar surface area (TPSA) is 13.1 Å². The Hall–Kier alpha value is -4.36. The lowest BCUT2D eigenvalue weighted by Crippen LogP contribution is -1.85. The van der Waals surface area contributed by atoms with Crippen LogP contribution in [0.3, 0.4) is 0 Å². The van der Waals surface area contributed by atoms with E-state index in [9.17, 15) is 0 Å². The number of hydrogen-bond donors (Lipinski definition) is 0. The zero-order valence-corrected chi connectivity index (χ0v) is 18.0. The summed E-state index contributed by atoms with van der Waals surface area (Å²) in [5.41, 5.74) is 1.92. The fourth-order valence-electron chi connectivity index (χ4n) is 5.25. The zero-order valence-electron chi connectivity index (χ0n) is 18.0. The summed E-state index contributed by atoms with van der Waals surface area (Å²) in [6.45, 7) is 0. The Bertz CT molecular complexity index is 1700. The van der Waals surface area contributed by atoms with Crippen molar-refractivity contribution in [2.75, 3.05) is 0 Å². The molecule has 1 aromatic heterocycles. The van der Waals surface area contributed by atoms with Gasteiger partial charge in [-0.25, -0.2) is 0 Å². The molecule has 0 saturated carbocycles. The standard InChI is InChI=1S/C20H12.C12H8O/c1-5-13-6-2-11-17-18-12-4-8-14-7-3-10-16(20(14)18)15(9-1)19(13)17;1-3-7-11-9(5-1)10-6-2-4-8-12(10)13-11/h1-12H;1-8H. The van der Waals surface area contributed by atoms with Crippen LogP contribution in [-0.4, -0.2) is 0 Å². The van der Waals surface area contributed by atoms with Gasteiger partial charge in [0.1, 0.15) is 11.2 Å². The van der Waals surface area contributed by atoms with Crippen LogP contribution in [-0.2, 0) is 0 Å². The van der Waals surface area contributed by atoms with Crippen molar-refractivity contribution >= 4 is 65.0 Å². The molecule has 0 aliphatic heterocycles. The summed E-state index contributed by atoms with van der Waals surface area (Å²) in [6, 6.07) is 42.7. The van der Waals surface area contributed by atoms with Crippen molar-refractivity contribution in [1.82, 2.24) is 0 Å². The number of furan rings is 1. The number of benzene rings is 7. The molecule has 0 unspecified atom stereocenters. The third-order valence-electron chi connectivity index (χ3n) is 6.67. The molecule has 0 bridgehead atoms. The van der Waals surface area contributed by atoms with Crippen molar-refractivity contribution in [2.45, 2.75) is 0 Å². The maximum atomic E-state index is 5.65. The Labute approximate surface area is 190 Å². The number of para-hydroxylation sites is 2. The van der Waals surface area contributed by atoms with E-state index in [2.05, 4.69) is 84.9 Å². The van der Waals surface area contributed by atoms with Crippen LogP contribution >= 0.6 is 0 Å². The Balaban J connectivity index is 0.000000127. The van der Waals surface area contributed by atoms with Gasteiger partial charge in [-0.05, 0) is 55.2 Å². The van der Waals surface area contributed by atoms with E-state index in [-0.39, 0.29) is 0 Å². The van der Waals surface area contributed by atoms with Gasteiger partial charge >= 0.3 is 0 Å². The van der Waals surface area contributed by atoms with Gasteiger partial charge in [0.05, 0.1) is 0 Å². The highest BCUT2D eigenvalue weighted by molar-refractivity contribution is 6.32. The van der Waals surface area contributed by atoms with Crippen LogP contribution < -0.4 is 0 Å². The normalized spacial score (nSPS) is 11.6. The Morgan fingerprint density at radius 2 is 0.636 bits per heavy atom. The van der Waals surface area contributed by atoms with E-state index in [1.54, 1.807) is 0 Å². The minimum atomic E-state index is 0.962. The van der Waals surface area contributed by atoms with Crippen LogP contribution in [0.2, 0.25) is 0 Å². The van der Waals surface area contributed by atoms with Gasteiger partial charge in [-0.2, -0.15) is 0 Å². The van der Waals surface area contributed by atoms with Gasteiger partial charge in [0.25, 0.3) is 0 Å². The van der Waals surface area contributed by atoms with E-state index in [0.717, 1.165) is 11.2 Å². The average molecular weight is 421 g/mol. The largest absolute Gasteiger partial charge is 0.456 e. The second-order valence-corrected chi connectivity index (χ2v) is 8.51. The summed E-state index contributed by atoms with van der Waals surface area (Å²) in [5, 5.41) is 13.3. The molecule has 0 aliphatic rings. The smallest absolute Gasteiger partial charge is 0.135 e. The van der Waals surface area contributed by atoms with Crippen LogP contribution in [0.4, 0.5) is 0 Å². The molecule has 8 aromatic rings. The maximum absolute atomic E-state index is 5.65. The van der Waals surface area contributed by atoms with Gasteiger partial charge < -0.3 is 4.42 Å². The van der Waals surface area contributed by atoms with Crippen molar-refractivity contribution in [1.29, 1.82) is 0 Å². The summed E-state index contributed by atoms with van der Waals surface area (Å²) in [5.74, 6) is 0. The Morgan fingerprint density at radius 3 is 1.03 bits per heavy atom. The first-order valence-electron chi connectivity index (χ1n) is 11.3. The molecule has 8 rings (SSSR count). The molecular weight excluding hydrogens is 400 g/mol. The highest BCUT2D eigenvalue weighted by Gasteiger charge is 2.11. The third kappa shape index (κ3) is 2.73. The lowest BCUT2D eigenvalue weighted by Gasteiger charge is -2.13. The minimum Gasteiger partial charge on any atom is -0.456 e. The van der Waals surface area contributed by atoms with Crippen LogP contribution in [0, 0.1) is 0 Å². The van der Waals surface area contributed by atoms with Crippen molar-refractivity contribution in [3.63, 3.8) is 0 Å². The first-order chi connectivity index (χ1) is 16.4. The quantitative estimate of drug-likeness (QED) is 0.176. The van der Waals surface area contributed by atoms with Gasteiger partial charge in [-0.3, -0.25) is 0 Å². The molecule has 0 fully saturated rings. The predicted molar refractivity (Wildman–Crippen MR) is 141 cm³/mol. The predicted octanol–water partition coefficient (Wildman–Crippen LogP) is 9.32. The third-order valence-corrected chi connectivity index (χ3v) is 6.67. The lowest BCUT2D eigenvalue weighted by molar-refractivity contribution is 0.669. The highest BCUT2D eigenvalue weighted by Crippen LogP contribution is 2.39. The molecule has 0 atom stereocenters. The molecule has 7 aromatic carbocycles. The van der Waals surface area contributed by atoms with Gasteiger partial charge in [-0.1, -0.05) is 109 Å². The summed E-state index contributed by atoms with van der Waals surface area (Å²) in [4.78, 5) is 0. The van der Waals surface area contributed by atoms with Crippen molar-refractivity contribution < 1.29 is 4.42 Å². The summed E-state index contributed by atoms with van der Waals surface area (Å²) in [7, 11) is 0. The molecule has 0 radical (unpaired) electrons. The highest BCUT2D eigenvalue weighted by atomic mass is 16.3. The average Bonchev–Trinajstić information content (AvgIpc) is 3.26. The molecule has 0 spiro atoms. The van der Waals surface area contributed by atoms with E-state index in [4.69, 9.17) is 4.42 Å². The molecule has 0 aliphatic carbocycles. The summed E-state index contributed by atoms with van der Waals surface area (Å²) >= 11 is 0. The SMILES string of the molecule is c1cc2cccc3c4cccc5cccc(c(c1)c23)c54.c1ccc2c(c1)oc1ccccc12. The van der Waals surface area contributed by atoms with Crippen LogP contribution in [0.15, 0.2) is 126 Å². The second kappa shape index (κ2) is 7.08. The van der Waals surface area contributed by atoms with Crippen molar-refractivity contribution in [3.8, 4) is 0 Å². The fourth-order valence-corrected chi connectivity index (χ4v) is 5.25. The number of hydrogen-bond acceptors (Lipinski definition) is 1. The van der Waals surface area contributed by atoms with E-state index < -0.39 is 0 Å². The molecular formula is C32H20O. The number of rotatable bonds is 0. The lowest BCUT2D eigenvalue weighted by atomic mass is 9.90. The summed E-state index contributed by atoms with van der Waals surface area (Å²) < 4.78 is 5.65. The van der Waals surface area contributed by atoms with Crippen molar-refractivity contribution in [3.05, 3.63) is 121 Å². The van der Waals surface area contributed by atoms with Crippen LogP contribution in [0.25, 0.3) is 65.0 Å². The Kier molecular flexibility index (Phi) is 3.91. The van der Waals surface area contributed by atoms with E-state index in [1.165, 1.54) is 53.9 Å². The van der Waals surface area contributed by atoms with E-state index in [1.807, 2.05) is 36.4 Å². The van der Waals surface area contributed by atoms with Crippen LogP contribution in [0.1, 0.15) is 0 Å². The van der Waals surface area contributed by atoms with Gasteiger partial charge in [0.15, 0.2) is 0 Å². The fraction of sp³-hybridized carbons (Fsp3) is 0. The zero-order chi connectivity index (χ0) is 21.8. The molecule has 1 heterocycles. The monoisotopic (exact) mass is 420 g/mol. The van der Waals surface area contributed by atoms with Gasteiger partial charge in [0, 0.05) is 10.8 Å². The molecule has 33 heavy (non-hydrogen) atoms. The second-order valence-electron chi connectivity index (χ2n) is 8.51. The number of fused-ring (bicyclic) bond motifs is 5. The molecule has 1 heteroatoms. The first-order valence-corrected chi connectivity index (χ1v) is 11.3. The van der Waals surface area contributed by atoms with Gasteiger partial charge in [-0.15, -0.1) is 0 Å². The first kappa shape index (κ1) is 18.2.